The molecule has 0 unspecified atom stereocenters. The summed E-state index contributed by atoms with van der Waals surface area (Å²) in [5, 5.41) is 4.14. The minimum atomic E-state index is -0.954. The van der Waals surface area contributed by atoms with E-state index in [1.807, 2.05) is 17.5 Å². The molecule has 2 amide bonds. The van der Waals surface area contributed by atoms with Crippen LogP contribution in [0.1, 0.15) is 28.2 Å². The molecule has 33 heavy (non-hydrogen) atoms. The monoisotopic (exact) mass is 482 g/mol. The van der Waals surface area contributed by atoms with Crippen LogP contribution in [-0.4, -0.2) is 30.5 Å². The van der Waals surface area contributed by atoms with Crippen LogP contribution >= 0.6 is 22.9 Å². The summed E-state index contributed by atoms with van der Waals surface area (Å²) in [4.78, 5) is 46.9. The first-order valence-corrected chi connectivity index (χ1v) is 11.7. The molecule has 3 heterocycles. The van der Waals surface area contributed by atoms with Gasteiger partial charge in [-0.3, -0.25) is 14.4 Å². The van der Waals surface area contributed by atoms with Crippen LogP contribution in [0.15, 0.2) is 66.0 Å². The lowest BCUT2D eigenvalue weighted by Gasteiger charge is -2.27. The van der Waals surface area contributed by atoms with Gasteiger partial charge in [-0.15, -0.1) is 11.3 Å². The van der Waals surface area contributed by atoms with Crippen molar-refractivity contribution in [1.82, 2.24) is 0 Å². The van der Waals surface area contributed by atoms with Crippen molar-refractivity contribution in [2.24, 2.45) is 5.92 Å². The number of thiophene rings is 1. The fraction of sp³-hybridized carbons (Fsp3) is 0.208. The molecular weight excluding hydrogens is 464 g/mol. The molecule has 3 aromatic rings. The summed E-state index contributed by atoms with van der Waals surface area (Å²) in [6.07, 6.45) is -0.954. The normalized spacial score (nSPS) is 22.1. The highest BCUT2D eigenvalue weighted by Crippen LogP contribution is 2.48. The first-order chi connectivity index (χ1) is 16.0. The maximum absolute atomic E-state index is 13.5. The molecule has 0 spiro atoms. The number of carbonyl (C=O) groups is 3. The second-order valence-electron chi connectivity index (χ2n) is 7.59. The number of rotatable bonds is 5. The fourth-order valence-electron chi connectivity index (χ4n) is 4.19. The smallest absolute Gasteiger partial charge is 0.338 e. The maximum Gasteiger partial charge on any atom is 0.338 e. The van der Waals surface area contributed by atoms with Gasteiger partial charge in [-0.1, -0.05) is 17.7 Å². The van der Waals surface area contributed by atoms with Gasteiger partial charge in [-0.2, -0.15) is 0 Å². The van der Waals surface area contributed by atoms with Crippen molar-refractivity contribution in [3.63, 3.8) is 0 Å². The number of anilines is 2. The zero-order valence-electron chi connectivity index (χ0n) is 17.5. The van der Waals surface area contributed by atoms with Crippen molar-refractivity contribution in [2.45, 2.75) is 19.1 Å². The standard InChI is InChI=1S/C24H19ClN2O5S/c1-2-31-24(30)14-5-9-16(10-6-14)26-22(28)19-20(18-4-3-13-33-18)27(32-21(19)23(26)29)17-11-7-15(25)8-12-17/h3-13,19-21H,2H2,1H3/t19-,20-,21-/m1/s1. The molecule has 5 rings (SSSR count). The average Bonchev–Trinajstić information content (AvgIpc) is 3.52. The van der Waals surface area contributed by atoms with E-state index in [-0.39, 0.29) is 12.5 Å². The molecular formula is C24H19ClN2O5S. The molecule has 9 heteroatoms. The van der Waals surface area contributed by atoms with E-state index in [1.54, 1.807) is 60.5 Å². The Morgan fingerprint density at radius 2 is 1.73 bits per heavy atom. The first-order valence-electron chi connectivity index (χ1n) is 10.4. The Hall–Kier alpha value is -3.20. The van der Waals surface area contributed by atoms with Gasteiger partial charge in [0.15, 0.2) is 6.10 Å². The Balaban J connectivity index is 1.48. The van der Waals surface area contributed by atoms with Crippen LogP contribution in [0.4, 0.5) is 11.4 Å². The number of carbonyl (C=O) groups excluding carboxylic acids is 3. The molecule has 168 valence electrons. The number of imide groups is 1. The van der Waals surface area contributed by atoms with Crippen LogP contribution in [-0.2, 0) is 19.2 Å². The Morgan fingerprint density at radius 3 is 2.36 bits per heavy atom. The second-order valence-corrected chi connectivity index (χ2v) is 9.01. The van der Waals surface area contributed by atoms with Crippen LogP contribution in [0, 0.1) is 5.92 Å². The van der Waals surface area contributed by atoms with Gasteiger partial charge in [0.2, 0.25) is 5.91 Å². The van der Waals surface area contributed by atoms with E-state index in [9.17, 15) is 14.4 Å². The van der Waals surface area contributed by atoms with Crippen molar-refractivity contribution in [2.75, 3.05) is 16.6 Å². The summed E-state index contributed by atoms with van der Waals surface area (Å²) in [6, 6.07) is 16.7. The van der Waals surface area contributed by atoms with E-state index in [4.69, 9.17) is 21.2 Å². The minimum Gasteiger partial charge on any atom is -0.462 e. The summed E-state index contributed by atoms with van der Waals surface area (Å²) in [5.41, 5.74) is 1.44. The number of hydrogen-bond acceptors (Lipinski definition) is 7. The molecule has 2 aliphatic heterocycles. The maximum atomic E-state index is 13.5. The van der Waals surface area contributed by atoms with E-state index >= 15 is 0 Å². The molecule has 7 nitrogen and oxygen atoms in total. The first kappa shape index (κ1) is 21.6. The van der Waals surface area contributed by atoms with Crippen molar-refractivity contribution < 1.29 is 24.0 Å². The Kier molecular flexibility index (Phi) is 5.65. The highest BCUT2D eigenvalue weighted by atomic mass is 35.5. The van der Waals surface area contributed by atoms with E-state index in [0.29, 0.717) is 22.0 Å². The predicted octanol–water partition coefficient (Wildman–Crippen LogP) is 4.63. The molecule has 0 bridgehead atoms. The summed E-state index contributed by atoms with van der Waals surface area (Å²) in [6.45, 7) is 1.99. The highest BCUT2D eigenvalue weighted by molar-refractivity contribution is 7.10. The quantitative estimate of drug-likeness (QED) is 0.390. The SMILES string of the molecule is CCOC(=O)c1ccc(N2C(=O)[C@@H]3[C@@H](c4cccs4)N(c4ccc(Cl)cc4)O[C@H]3C2=O)cc1. The van der Waals surface area contributed by atoms with Crippen LogP contribution in [0.5, 0.6) is 0 Å². The summed E-state index contributed by atoms with van der Waals surface area (Å²) < 4.78 is 4.99. The number of nitrogens with zero attached hydrogens (tertiary/aromatic N) is 2. The van der Waals surface area contributed by atoms with Gasteiger partial charge in [0, 0.05) is 9.90 Å². The average molecular weight is 483 g/mol. The number of hydroxylamine groups is 1. The minimum absolute atomic E-state index is 0.263. The zero-order valence-corrected chi connectivity index (χ0v) is 19.1. The Morgan fingerprint density at radius 1 is 1.03 bits per heavy atom. The Labute approximate surface area is 199 Å². The van der Waals surface area contributed by atoms with Gasteiger partial charge in [0.05, 0.1) is 23.5 Å². The van der Waals surface area contributed by atoms with Crippen LogP contribution in [0.2, 0.25) is 5.02 Å². The molecule has 0 N–H and O–H groups in total. The molecule has 1 aromatic heterocycles. The van der Waals surface area contributed by atoms with Crippen molar-refractivity contribution in [3.05, 3.63) is 81.5 Å². The van der Waals surface area contributed by atoms with E-state index in [1.165, 1.54) is 11.3 Å². The van der Waals surface area contributed by atoms with Crippen molar-refractivity contribution in [3.8, 4) is 0 Å². The number of benzene rings is 2. The number of amides is 2. The van der Waals surface area contributed by atoms with Crippen molar-refractivity contribution >= 4 is 52.1 Å². The van der Waals surface area contributed by atoms with Crippen LogP contribution in [0.25, 0.3) is 0 Å². The van der Waals surface area contributed by atoms with Crippen LogP contribution < -0.4 is 9.96 Å². The largest absolute Gasteiger partial charge is 0.462 e. The molecule has 0 aliphatic carbocycles. The third-order valence-electron chi connectivity index (χ3n) is 5.67. The number of fused-ring (bicyclic) bond motifs is 1. The molecule has 0 radical (unpaired) electrons. The predicted molar refractivity (Wildman–Crippen MR) is 124 cm³/mol. The molecule has 0 saturated carbocycles. The lowest BCUT2D eigenvalue weighted by molar-refractivity contribution is -0.126. The van der Waals surface area contributed by atoms with Crippen LogP contribution in [0.3, 0.4) is 0 Å². The summed E-state index contributed by atoms with van der Waals surface area (Å²) in [7, 11) is 0. The third kappa shape index (κ3) is 3.70. The lowest BCUT2D eigenvalue weighted by atomic mass is 9.95. The molecule has 2 aromatic carbocycles. The van der Waals surface area contributed by atoms with Gasteiger partial charge >= 0.3 is 5.97 Å². The zero-order chi connectivity index (χ0) is 23.1. The molecule has 2 aliphatic rings. The summed E-state index contributed by atoms with van der Waals surface area (Å²) >= 11 is 7.53. The van der Waals surface area contributed by atoms with Gasteiger partial charge in [0.1, 0.15) is 12.0 Å². The topological polar surface area (TPSA) is 76.2 Å². The van der Waals surface area contributed by atoms with Gasteiger partial charge in [-0.05, 0) is 66.9 Å². The van der Waals surface area contributed by atoms with Gasteiger partial charge in [0.25, 0.3) is 5.91 Å². The lowest BCUT2D eigenvalue weighted by Crippen LogP contribution is -2.37. The van der Waals surface area contributed by atoms with E-state index in [0.717, 1.165) is 9.78 Å². The van der Waals surface area contributed by atoms with E-state index < -0.39 is 29.9 Å². The van der Waals surface area contributed by atoms with Crippen molar-refractivity contribution in [1.29, 1.82) is 0 Å². The molecule has 3 atom stereocenters. The Bertz CT molecular complexity index is 1200. The number of halogens is 1. The van der Waals surface area contributed by atoms with Gasteiger partial charge < -0.3 is 4.74 Å². The number of ether oxygens (including phenoxy) is 1. The fourth-order valence-corrected chi connectivity index (χ4v) is 5.17. The number of esters is 1. The highest BCUT2D eigenvalue weighted by Gasteiger charge is 2.60. The van der Waals surface area contributed by atoms with Gasteiger partial charge in [-0.25, -0.2) is 14.8 Å². The molecule has 2 saturated heterocycles. The molecule has 2 fully saturated rings. The number of hydrogen-bond donors (Lipinski definition) is 0. The summed E-state index contributed by atoms with van der Waals surface area (Å²) in [5.74, 6) is -1.95. The third-order valence-corrected chi connectivity index (χ3v) is 6.86. The van der Waals surface area contributed by atoms with E-state index in [2.05, 4.69) is 0 Å². The second kappa shape index (κ2) is 8.62.